The molecule has 0 bridgehead atoms. The highest BCUT2D eigenvalue weighted by molar-refractivity contribution is 5.78. The SMILES string of the molecule is CCC(N)(CN)C(=O)O. The molecular formula is C5H12N2O2. The van der Waals surface area contributed by atoms with Crippen LogP contribution in [0.5, 0.6) is 0 Å². The minimum Gasteiger partial charge on any atom is -0.480 e. The Balaban J connectivity index is 4.09. The zero-order valence-electron chi connectivity index (χ0n) is 5.42. The molecule has 9 heavy (non-hydrogen) atoms. The molecule has 0 aliphatic carbocycles. The summed E-state index contributed by atoms with van der Waals surface area (Å²) in [5.74, 6) is -1.03. The second-order valence-electron chi connectivity index (χ2n) is 2.02. The predicted octanol–water partition coefficient (Wildman–Crippen LogP) is -0.863. The van der Waals surface area contributed by atoms with Crippen molar-refractivity contribution in [1.29, 1.82) is 0 Å². The summed E-state index contributed by atoms with van der Waals surface area (Å²) in [6.45, 7) is 1.68. The molecule has 0 rings (SSSR count). The number of carboxylic acids is 1. The maximum atomic E-state index is 10.3. The first-order chi connectivity index (χ1) is 4.06. The van der Waals surface area contributed by atoms with Crippen LogP contribution in [-0.4, -0.2) is 23.2 Å². The van der Waals surface area contributed by atoms with Gasteiger partial charge in [-0.2, -0.15) is 0 Å². The Morgan fingerprint density at radius 2 is 2.22 bits per heavy atom. The van der Waals surface area contributed by atoms with Gasteiger partial charge in [0, 0.05) is 6.54 Å². The molecule has 0 fully saturated rings. The topological polar surface area (TPSA) is 89.3 Å². The van der Waals surface area contributed by atoms with Crippen LogP contribution in [0.1, 0.15) is 13.3 Å². The Hall–Kier alpha value is -0.610. The lowest BCUT2D eigenvalue weighted by molar-refractivity contribution is -0.143. The van der Waals surface area contributed by atoms with Gasteiger partial charge in [0.15, 0.2) is 0 Å². The molecule has 0 aliphatic heterocycles. The van der Waals surface area contributed by atoms with E-state index < -0.39 is 11.5 Å². The van der Waals surface area contributed by atoms with Crippen LogP contribution in [0.25, 0.3) is 0 Å². The molecule has 0 aromatic rings. The Labute approximate surface area is 53.8 Å². The number of nitrogens with two attached hydrogens (primary N) is 2. The summed E-state index contributed by atoms with van der Waals surface area (Å²) >= 11 is 0. The van der Waals surface area contributed by atoms with Crippen molar-refractivity contribution in [2.75, 3.05) is 6.54 Å². The molecule has 0 saturated carbocycles. The van der Waals surface area contributed by atoms with E-state index in [1.807, 2.05) is 0 Å². The fourth-order valence-corrected chi connectivity index (χ4v) is 0.383. The summed E-state index contributed by atoms with van der Waals surface area (Å²) in [7, 11) is 0. The van der Waals surface area contributed by atoms with Gasteiger partial charge in [-0.3, -0.25) is 4.79 Å². The highest BCUT2D eigenvalue weighted by atomic mass is 16.4. The molecular weight excluding hydrogens is 120 g/mol. The van der Waals surface area contributed by atoms with Crippen LogP contribution in [0.4, 0.5) is 0 Å². The minimum atomic E-state index is -1.22. The summed E-state index contributed by atoms with van der Waals surface area (Å²) in [6.07, 6.45) is 0.360. The quantitative estimate of drug-likeness (QED) is 0.466. The third kappa shape index (κ3) is 1.65. The van der Waals surface area contributed by atoms with Gasteiger partial charge in [-0.05, 0) is 6.42 Å². The molecule has 0 aromatic heterocycles. The Kier molecular flexibility index (Phi) is 2.61. The zero-order valence-corrected chi connectivity index (χ0v) is 5.42. The number of hydrogen-bond acceptors (Lipinski definition) is 3. The highest BCUT2D eigenvalue weighted by Gasteiger charge is 2.29. The van der Waals surface area contributed by atoms with E-state index in [0.29, 0.717) is 6.42 Å². The number of carboxylic acid groups (broad SMARTS) is 1. The van der Waals surface area contributed by atoms with E-state index in [9.17, 15) is 4.79 Å². The Morgan fingerprint density at radius 1 is 1.78 bits per heavy atom. The van der Waals surface area contributed by atoms with E-state index in [4.69, 9.17) is 16.6 Å². The molecule has 0 amide bonds. The van der Waals surface area contributed by atoms with E-state index in [0.717, 1.165) is 0 Å². The van der Waals surface area contributed by atoms with Gasteiger partial charge in [0.2, 0.25) is 0 Å². The van der Waals surface area contributed by atoms with Crippen LogP contribution in [0.15, 0.2) is 0 Å². The van der Waals surface area contributed by atoms with Crippen LogP contribution in [-0.2, 0) is 4.79 Å². The maximum absolute atomic E-state index is 10.3. The molecule has 5 N–H and O–H groups in total. The van der Waals surface area contributed by atoms with Crippen LogP contribution in [0.2, 0.25) is 0 Å². The monoisotopic (exact) mass is 132 g/mol. The van der Waals surface area contributed by atoms with Gasteiger partial charge in [0.05, 0.1) is 0 Å². The van der Waals surface area contributed by atoms with Crippen LogP contribution >= 0.6 is 0 Å². The van der Waals surface area contributed by atoms with Crippen LogP contribution in [0, 0.1) is 0 Å². The fraction of sp³-hybridized carbons (Fsp3) is 0.800. The van der Waals surface area contributed by atoms with Crippen molar-refractivity contribution in [2.45, 2.75) is 18.9 Å². The van der Waals surface area contributed by atoms with E-state index in [-0.39, 0.29) is 6.54 Å². The first-order valence-electron chi connectivity index (χ1n) is 2.79. The average molecular weight is 132 g/mol. The summed E-state index contributed by atoms with van der Waals surface area (Å²) < 4.78 is 0. The van der Waals surface area contributed by atoms with Gasteiger partial charge in [0.25, 0.3) is 0 Å². The molecule has 4 nitrogen and oxygen atoms in total. The molecule has 54 valence electrons. The lowest BCUT2D eigenvalue weighted by Crippen LogP contribution is -2.53. The van der Waals surface area contributed by atoms with E-state index in [1.54, 1.807) is 6.92 Å². The number of carbonyl (C=O) groups is 1. The predicted molar refractivity (Wildman–Crippen MR) is 33.9 cm³/mol. The van der Waals surface area contributed by atoms with Gasteiger partial charge in [0.1, 0.15) is 5.54 Å². The van der Waals surface area contributed by atoms with E-state index in [2.05, 4.69) is 0 Å². The van der Waals surface area contributed by atoms with Crippen molar-refractivity contribution < 1.29 is 9.90 Å². The second kappa shape index (κ2) is 2.80. The minimum absolute atomic E-state index is 0.0150. The van der Waals surface area contributed by atoms with Gasteiger partial charge in [-0.15, -0.1) is 0 Å². The second-order valence-corrected chi connectivity index (χ2v) is 2.02. The maximum Gasteiger partial charge on any atom is 0.324 e. The highest BCUT2D eigenvalue weighted by Crippen LogP contribution is 2.02. The van der Waals surface area contributed by atoms with Gasteiger partial charge < -0.3 is 16.6 Å². The zero-order chi connectivity index (χ0) is 7.49. The first kappa shape index (κ1) is 8.39. The first-order valence-corrected chi connectivity index (χ1v) is 2.79. The summed E-state index contributed by atoms with van der Waals surface area (Å²) in [6, 6.07) is 0. The molecule has 0 spiro atoms. The molecule has 0 heterocycles. The fourth-order valence-electron chi connectivity index (χ4n) is 0.383. The normalized spacial score (nSPS) is 16.8. The molecule has 0 radical (unpaired) electrons. The van der Waals surface area contributed by atoms with Crippen LogP contribution in [0.3, 0.4) is 0 Å². The van der Waals surface area contributed by atoms with Crippen LogP contribution < -0.4 is 11.5 Å². The smallest absolute Gasteiger partial charge is 0.324 e. The van der Waals surface area contributed by atoms with Crippen molar-refractivity contribution in [2.24, 2.45) is 11.5 Å². The van der Waals surface area contributed by atoms with Gasteiger partial charge in [-0.25, -0.2) is 0 Å². The largest absolute Gasteiger partial charge is 0.480 e. The third-order valence-corrected chi connectivity index (χ3v) is 1.42. The molecule has 1 atom stereocenters. The molecule has 0 aromatic carbocycles. The van der Waals surface area contributed by atoms with Crippen molar-refractivity contribution >= 4 is 5.97 Å². The van der Waals surface area contributed by atoms with Gasteiger partial charge in [-0.1, -0.05) is 6.92 Å². The van der Waals surface area contributed by atoms with Crippen molar-refractivity contribution in [3.63, 3.8) is 0 Å². The van der Waals surface area contributed by atoms with Crippen molar-refractivity contribution in [1.82, 2.24) is 0 Å². The standard InChI is InChI=1S/C5H12N2O2/c1-2-5(7,3-6)4(8)9/h2-3,6-7H2,1H3,(H,8,9). The van der Waals surface area contributed by atoms with Crippen molar-refractivity contribution in [3.8, 4) is 0 Å². The third-order valence-electron chi connectivity index (χ3n) is 1.42. The molecule has 0 aliphatic rings. The number of aliphatic carboxylic acids is 1. The Morgan fingerprint density at radius 3 is 2.22 bits per heavy atom. The molecule has 4 heteroatoms. The molecule has 0 saturated heterocycles. The lowest BCUT2D eigenvalue weighted by Gasteiger charge is -2.19. The van der Waals surface area contributed by atoms with Crippen molar-refractivity contribution in [3.05, 3.63) is 0 Å². The van der Waals surface area contributed by atoms with E-state index >= 15 is 0 Å². The number of rotatable bonds is 3. The lowest BCUT2D eigenvalue weighted by atomic mass is 9.99. The van der Waals surface area contributed by atoms with Gasteiger partial charge >= 0.3 is 5.97 Å². The summed E-state index contributed by atoms with van der Waals surface area (Å²) in [5, 5.41) is 8.43. The van der Waals surface area contributed by atoms with E-state index in [1.165, 1.54) is 0 Å². The average Bonchev–Trinajstić information content (AvgIpc) is 1.86. The number of hydrogen-bond donors (Lipinski definition) is 3. The Bertz CT molecular complexity index is 110. The summed E-state index contributed by atoms with van der Waals surface area (Å²) in [4.78, 5) is 10.3. The molecule has 1 unspecified atom stereocenters. The summed E-state index contributed by atoms with van der Waals surface area (Å²) in [5.41, 5.74) is 9.21.